The van der Waals surface area contributed by atoms with Crippen molar-refractivity contribution in [2.45, 2.75) is 25.3 Å². The van der Waals surface area contributed by atoms with Gasteiger partial charge in [-0.15, -0.1) is 11.3 Å². The monoisotopic (exact) mass is 376 g/mol. The number of thiazole rings is 1. The first kappa shape index (κ1) is 16.2. The van der Waals surface area contributed by atoms with Gasteiger partial charge in [0.25, 0.3) is 11.8 Å². The zero-order valence-corrected chi connectivity index (χ0v) is 15.1. The Kier molecular flexibility index (Phi) is 3.84. The molecule has 2 aliphatic rings. The number of likely N-dealkylation sites (tertiary alicyclic amines) is 1. The number of urea groups is 1. The molecule has 130 valence electrons. The Morgan fingerprint density at radius 2 is 2.08 bits per heavy atom. The summed E-state index contributed by atoms with van der Waals surface area (Å²) in [5.41, 5.74) is 0.891. The van der Waals surface area contributed by atoms with Crippen LogP contribution in [0.5, 0.6) is 0 Å². The first-order valence-corrected chi connectivity index (χ1v) is 9.67. The summed E-state index contributed by atoms with van der Waals surface area (Å²) < 4.78 is 0. The Morgan fingerprint density at radius 3 is 2.68 bits per heavy atom. The van der Waals surface area contributed by atoms with Crippen LogP contribution >= 0.6 is 22.7 Å². The Bertz CT molecular complexity index is 851. The summed E-state index contributed by atoms with van der Waals surface area (Å²) in [5, 5.41) is 9.83. The molecule has 0 saturated carbocycles. The second-order valence-electron chi connectivity index (χ2n) is 6.23. The zero-order chi connectivity index (χ0) is 17.6. The van der Waals surface area contributed by atoms with Crippen LogP contribution in [0, 0.1) is 6.92 Å². The molecule has 0 atom stereocenters. The van der Waals surface area contributed by atoms with E-state index in [9.17, 15) is 14.4 Å². The van der Waals surface area contributed by atoms with Crippen molar-refractivity contribution in [2.24, 2.45) is 0 Å². The summed E-state index contributed by atoms with van der Waals surface area (Å²) in [5.74, 6) is -0.352. The van der Waals surface area contributed by atoms with E-state index in [0.29, 0.717) is 30.8 Å². The first-order chi connectivity index (χ1) is 12.0. The normalized spacial score (nSPS) is 19.2. The van der Waals surface area contributed by atoms with E-state index in [1.807, 2.05) is 23.8 Å². The molecule has 25 heavy (non-hydrogen) atoms. The third-order valence-electron chi connectivity index (χ3n) is 4.68. The second-order valence-corrected chi connectivity index (χ2v) is 8.01. The molecule has 2 N–H and O–H groups in total. The Hall–Kier alpha value is -2.26. The van der Waals surface area contributed by atoms with E-state index in [-0.39, 0.29) is 11.8 Å². The lowest BCUT2D eigenvalue weighted by Gasteiger charge is -2.36. The smallest absolute Gasteiger partial charge is 0.322 e. The molecular weight excluding hydrogens is 360 g/mol. The Labute approximate surface area is 152 Å². The van der Waals surface area contributed by atoms with Gasteiger partial charge in [0.05, 0.1) is 5.69 Å². The number of aromatic nitrogens is 1. The van der Waals surface area contributed by atoms with Crippen LogP contribution < -0.4 is 10.6 Å². The van der Waals surface area contributed by atoms with E-state index in [1.54, 1.807) is 16.2 Å². The summed E-state index contributed by atoms with van der Waals surface area (Å²) in [7, 11) is 0. The fourth-order valence-electron chi connectivity index (χ4n) is 3.22. The summed E-state index contributed by atoms with van der Waals surface area (Å²) in [6.07, 6.45) is 0.844. The van der Waals surface area contributed by atoms with Gasteiger partial charge in [-0.2, -0.15) is 11.3 Å². The number of hydrogen-bond acceptors (Lipinski definition) is 6. The van der Waals surface area contributed by atoms with E-state index in [4.69, 9.17) is 0 Å². The largest absolute Gasteiger partial charge is 0.338 e. The third-order valence-corrected chi connectivity index (χ3v) is 6.56. The van der Waals surface area contributed by atoms with E-state index in [2.05, 4.69) is 15.6 Å². The molecule has 4 amide bonds. The summed E-state index contributed by atoms with van der Waals surface area (Å²) in [6, 6.07) is 1.53. The van der Waals surface area contributed by atoms with Crippen LogP contribution in [0.4, 0.5) is 4.79 Å². The van der Waals surface area contributed by atoms with Crippen LogP contribution in [-0.4, -0.2) is 46.4 Å². The minimum atomic E-state index is -0.863. The molecule has 0 bridgehead atoms. The number of carbonyl (C=O) groups is 3. The fourth-order valence-corrected chi connectivity index (χ4v) is 4.97. The van der Waals surface area contributed by atoms with Crippen LogP contribution in [0.25, 0.3) is 10.6 Å². The average molecular weight is 376 g/mol. The maximum absolute atomic E-state index is 12.9. The number of imide groups is 1. The molecule has 0 aromatic carbocycles. The van der Waals surface area contributed by atoms with Gasteiger partial charge in [-0.05, 0) is 31.2 Å². The van der Waals surface area contributed by atoms with E-state index in [1.165, 1.54) is 11.3 Å². The predicted octanol–water partition coefficient (Wildman–Crippen LogP) is 1.99. The number of aryl methyl sites for hydroxylation is 1. The van der Waals surface area contributed by atoms with E-state index in [0.717, 1.165) is 16.3 Å². The minimum Gasteiger partial charge on any atom is -0.338 e. The Morgan fingerprint density at radius 1 is 1.32 bits per heavy atom. The zero-order valence-electron chi connectivity index (χ0n) is 13.5. The number of nitrogens with one attached hydrogen (secondary N) is 2. The van der Waals surface area contributed by atoms with Gasteiger partial charge >= 0.3 is 6.03 Å². The van der Waals surface area contributed by atoms with Gasteiger partial charge in [0.1, 0.15) is 15.4 Å². The van der Waals surface area contributed by atoms with Gasteiger partial charge in [-0.3, -0.25) is 14.9 Å². The van der Waals surface area contributed by atoms with Gasteiger partial charge in [0, 0.05) is 24.0 Å². The molecule has 7 nitrogen and oxygen atoms in total. The molecule has 2 aromatic heterocycles. The molecule has 4 rings (SSSR count). The van der Waals surface area contributed by atoms with Crippen molar-refractivity contribution in [3.05, 3.63) is 27.4 Å². The molecule has 2 fully saturated rings. The van der Waals surface area contributed by atoms with Crippen molar-refractivity contribution in [1.29, 1.82) is 0 Å². The van der Waals surface area contributed by atoms with E-state index >= 15 is 0 Å². The summed E-state index contributed by atoms with van der Waals surface area (Å²) in [6.45, 7) is 2.70. The van der Waals surface area contributed by atoms with Crippen molar-refractivity contribution >= 4 is 40.5 Å². The number of thiophene rings is 1. The molecule has 0 radical (unpaired) electrons. The lowest BCUT2D eigenvalue weighted by molar-refractivity contribution is -0.125. The van der Waals surface area contributed by atoms with Gasteiger partial charge in [0.2, 0.25) is 0 Å². The van der Waals surface area contributed by atoms with E-state index < -0.39 is 11.6 Å². The molecule has 1 spiro atoms. The third kappa shape index (κ3) is 2.73. The van der Waals surface area contributed by atoms with Crippen LogP contribution in [0.3, 0.4) is 0 Å². The molecule has 9 heteroatoms. The standard InChI is InChI=1S/C16H16N4O3S2/c1-9-11(25-12(17-9)10-2-7-24-8-10)13(21)20-5-3-16(4-6-20)14(22)18-15(23)19-16/h2,7-8H,3-6H2,1H3,(H2,18,19,22,23). The number of piperidine rings is 1. The number of nitrogens with zero attached hydrogens (tertiary/aromatic N) is 2. The summed E-state index contributed by atoms with van der Waals surface area (Å²) in [4.78, 5) is 43.1. The Balaban J connectivity index is 1.50. The summed E-state index contributed by atoms with van der Waals surface area (Å²) >= 11 is 3.00. The minimum absolute atomic E-state index is 0.0592. The quantitative estimate of drug-likeness (QED) is 0.784. The van der Waals surface area contributed by atoms with Crippen LogP contribution in [0.2, 0.25) is 0 Å². The SMILES string of the molecule is Cc1nc(-c2ccsc2)sc1C(=O)N1CCC2(CC1)NC(=O)NC2=O. The topological polar surface area (TPSA) is 91.4 Å². The highest BCUT2D eigenvalue weighted by Gasteiger charge is 2.48. The van der Waals surface area contributed by atoms with Gasteiger partial charge in [0.15, 0.2) is 0 Å². The number of amides is 4. The highest BCUT2D eigenvalue weighted by atomic mass is 32.1. The lowest BCUT2D eigenvalue weighted by Crippen LogP contribution is -2.55. The average Bonchev–Trinajstić information content (AvgIpc) is 3.28. The molecule has 4 heterocycles. The molecule has 2 aromatic rings. The van der Waals surface area contributed by atoms with Crippen molar-refractivity contribution < 1.29 is 14.4 Å². The second kappa shape index (κ2) is 5.92. The fraction of sp³-hybridized carbons (Fsp3) is 0.375. The maximum atomic E-state index is 12.9. The van der Waals surface area contributed by atoms with Crippen LogP contribution in [0.1, 0.15) is 28.2 Å². The van der Waals surface area contributed by atoms with Crippen LogP contribution in [-0.2, 0) is 4.79 Å². The molecule has 0 aliphatic carbocycles. The van der Waals surface area contributed by atoms with Gasteiger partial charge in [-0.25, -0.2) is 9.78 Å². The van der Waals surface area contributed by atoms with Crippen molar-refractivity contribution in [2.75, 3.05) is 13.1 Å². The molecular formula is C16H16N4O3S2. The van der Waals surface area contributed by atoms with Gasteiger partial charge in [-0.1, -0.05) is 0 Å². The molecule has 0 unspecified atom stereocenters. The van der Waals surface area contributed by atoms with Crippen LogP contribution in [0.15, 0.2) is 16.8 Å². The molecule has 2 saturated heterocycles. The van der Waals surface area contributed by atoms with Gasteiger partial charge < -0.3 is 10.2 Å². The number of hydrogen-bond donors (Lipinski definition) is 2. The van der Waals surface area contributed by atoms with Crippen molar-refractivity contribution in [1.82, 2.24) is 20.5 Å². The van der Waals surface area contributed by atoms with Crippen molar-refractivity contribution in [3.8, 4) is 10.6 Å². The maximum Gasteiger partial charge on any atom is 0.322 e. The lowest BCUT2D eigenvalue weighted by atomic mass is 9.87. The number of carbonyl (C=O) groups excluding carboxylic acids is 3. The highest BCUT2D eigenvalue weighted by Crippen LogP contribution is 2.32. The first-order valence-electron chi connectivity index (χ1n) is 7.91. The number of rotatable bonds is 2. The van der Waals surface area contributed by atoms with Crippen molar-refractivity contribution in [3.63, 3.8) is 0 Å². The highest BCUT2D eigenvalue weighted by molar-refractivity contribution is 7.17. The molecule has 2 aliphatic heterocycles. The predicted molar refractivity (Wildman–Crippen MR) is 94.7 cm³/mol.